The van der Waals surface area contributed by atoms with E-state index in [0.717, 1.165) is 22.9 Å². The van der Waals surface area contributed by atoms with E-state index in [1.807, 2.05) is 24.4 Å². The summed E-state index contributed by atoms with van der Waals surface area (Å²) in [6.07, 6.45) is 2.08. The number of benzene rings is 1. The van der Waals surface area contributed by atoms with E-state index >= 15 is 0 Å². The molecule has 0 aliphatic heterocycles. The first-order chi connectivity index (χ1) is 11.3. The lowest BCUT2D eigenvalue weighted by atomic mass is 10.1. The monoisotopic (exact) mass is 331 g/mol. The maximum absolute atomic E-state index is 12.0. The Labute approximate surface area is 142 Å². The van der Waals surface area contributed by atoms with Crippen LogP contribution in [0.3, 0.4) is 0 Å². The van der Waals surface area contributed by atoms with Crippen molar-refractivity contribution in [3.8, 4) is 0 Å². The lowest BCUT2D eigenvalue weighted by molar-refractivity contribution is -0.122. The van der Waals surface area contributed by atoms with Gasteiger partial charge in [0, 0.05) is 23.6 Å². The molecule has 24 heavy (non-hydrogen) atoms. The molecule has 1 aromatic carbocycles. The average molecular weight is 331 g/mol. The third kappa shape index (κ3) is 5.01. The van der Waals surface area contributed by atoms with Gasteiger partial charge in [-0.3, -0.25) is 4.79 Å². The Morgan fingerprint density at radius 2 is 1.96 bits per heavy atom. The van der Waals surface area contributed by atoms with Crippen LogP contribution in [0.2, 0.25) is 0 Å². The molecule has 0 aliphatic rings. The molecule has 0 radical (unpaired) electrons. The number of amides is 2. The summed E-state index contributed by atoms with van der Waals surface area (Å²) in [6.45, 7) is 7.46. The summed E-state index contributed by atoms with van der Waals surface area (Å²) in [7, 11) is 0. The highest BCUT2D eigenvalue weighted by Gasteiger charge is 2.20. The zero-order valence-electron chi connectivity index (χ0n) is 14.6. The van der Waals surface area contributed by atoms with E-state index in [1.165, 1.54) is 0 Å². The van der Waals surface area contributed by atoms with E-state index < -0.39 is 17.7 Å². The quantitative estimate of drug-likeness (QED) is 0.788. The molecular weight excluding hydrogens is 306 g/mol. The molecule has 0 aliphatic carbocycles. The van der Waals surface area contributed by atoms with Gasteiger partial charge in [-0.05, 0) is 45.7 Å². The van der Waals surface area contributed by atoms with E-state index in [9.17, 15) is 9.59 Å². The van der Waals surface area contributed by atoms with E-state index in [-0.39, 0.29) is 5.91 Å². The number of alkyl carbamates (subject to hydrolysis) is 1. The fourth-order valence-corrected chi connectivity index (χ4v) is 2.36. The van der Waals surface area contributed by atoms with Gasteiger partial charge >= 0.3 is 6.09 Å². The van der Waals surface area contributed by atoms with E-state index in [0.29, 0.717) is 6.54 Å². The number of fused-ring (bicyclic) bond motifs is 1. The summed E-state index contributed by atoms with van der Waals surface area (Å²) in [6, 6.07) is 7.39. The van der Waals surface area contributed by atoms with Crippen LogP contribution in [0.5, 0.6) is 0 Å². The summed E-state index contributed by atoms with van der Waals surface area (Å²) in [4.78, 5) is 26.9. The summed E-state index contributed by atoms with van der Waals surface area (Å²) in [5.41, 5.74) is 1.65. The number of aromatic amines is 1. The molecule has 0 spiro atoms. The van der Waals surface area contributed by atoms with Crippen molar-refractivity contribution in [2.45, 2.75) is 45.8 Å². The number of hydrogen-bond donors (Lipinski definition) is 3. The van der Waals surface area contributed by atoms with E-state index in [4.69, 9.17) is 4.74 Å². The lowest BCUT2D eigenvalue weighted by Gasteiger charge is -2.21. The van der Waals surface area contributed by atoms with Gasteiger partial charge in [0.15, 0.2) is 0 Å². The minimum absolute atomic E-state index is 0.235. The number of hydrogen-bond acceptors (Lipinski definition) is 3. The van der Waals surface area contributed by atoms with Crippen molar-refractivity contribution >= 4 is 22.9 Å². The second kappa shape index (κ2) is 7.38. The maximum atomic E-state index is 12.0. The molecule has 0 saturated heterocycles. The van der Waals surface area contributed by atoms with E-state index in [2.05, 4.69) is 21.7 Å². The molecule has 130 valence electrons. The zero-order chi connectivity index (χ0) is 17.7. The van der Waals surface area contributed by atoms with Crippen LogP contribution in [-0.4, -0.2) is 35.2 Å². The second-order valence-electron chi connectivity index (χ2n) is 6.77. The predicted octanol–water partition coefficient (Wildman–Crippen LogP) is 2.74. The van der Waals surface area contributed by atoms with Crippen LogP contribution >= 0.6 is 0 Å². The third-order valence-electron chi connectivity index (χ3n) is 3.50. The van der Waals surface area contributed by atoms with Crippen LogP contribution in [-0.2, 0) is 16.0 Å². The molecule has 2 rings (SSSR count). The highest BCUT2D eigenvalue weighted by atomic mass is 16.6. The standard InChI is InChI=1S/C18H25N3O3/c1-12(21-17(23)24-18(2,3)4)16(22)19-10-9-13-11-20-15-8-6-5-7-14(13)15/h5-8,11-12,20H,9-10H2,1-4H3,(H,19,22)(H,21,23). The highest BCUT2D eigenvalue weighted by Crippen LogP contribution is 2.17. The molecule has 0 saturated carbocycles. The van der Waals surface area contributed by atoms with Crippen LogP contribution in [0, 0.1) is 0 Å². The molecule has 6 heteroatoms. The number of nitrogens with one attached hydrogen (secondary N) is 3. The smallest absolute Gasteiger partial charge is 0.408 e. The molecule has 2 amide bonds. The van der Waals surface area contributed by atoms with Crippen LogP contribution in [0.1, 0.15) is 33.3 Å². The van der Waals surface area contributed by atoms with Crippen molar-refractivity contribution in [2.75, 3.05) is 6.54 Å². The number of ether oxygens (including phenoxy) is 1. The molecule has 1 unspecified atom stereocenters. The third-order valence-corrected chi connectivity index (χ3v) is 3.50. The minimum atomic E-state index is -0.650. The SMILES string of the molecule is CC(NC(=O)OC(C)(C)C)C(=O)NCCc1c[nH]c2ccccc12. The van der Waals surface area contributed by atoms with Crippen molar-refractivity contribution < 1.29 is 14.3 Å². The Morgan fingerprint density at radius 1 is 1.25 bits per heavy atom. The predicted molar refractivity (Wildman–Crippen MR) is 93.8 cm³/mol. The van der Waals surface area contributed by atoms with Gasteiger partial charge in [0.2, 0.25) is 5.91 Å². The summed E-state index contributed by atoms with van der Waals surface area (Å²) in [5, 5.41) is 6.52. The van der Waals surface area contributed by atoms with Gasteiger partial charge in [-0.15, -0.1) is 0 Å². The lowest BCUT2D eigenvalue weighted by Crippen LogP contribution is -2.46. The fraction of sp³-hybridized carbons (Fsp3) is 0.444. The Balaban J connectivity index is 1.79. The van der Waals surface area contributed by atoms with Gasteiger partial charge in [-0.2, -0.15) is 0 Å². The van der Waals surface area contributed by atoms with Crippen LogP contribution in [0.25, 0.3) is 10.9 Å². The number of rotatable bonds is 5. The maximum Gasteiger partial charge on any atom is 0.408 e. The van der Waals surface area contributed by atoms with Gasteiger partial charge in [-0.25, -0.2) is 4.79 Å². The summed E-state index contributed by atoms with van der Waals surface area (Å²) < 4.78 is 5.14. The van der Waals surface area contributed by atoms with Crippen molar-refractivity contribution in [3.05, 3.63) is 36.0 Å². The molecule has 6 nitrogen and oxygen atoms in total. The molecule has 3 N–H and O–H groups in total. The number of para-hydroxylation sites is 1. The van der Waals surface area contributed by atoms with Crippen molar-refractivity contribution in [3.63, 3.8) is 0 Å². The van der Waals surface area contributed by atoms with Gasteiger partial charge in [0.1, 0.15) is 11.6 Å². The van der Waals surface area contributed by atoms with Crippen LogP contribution in [0.4, 0.5) is 4.79 Å². The molecule has 1 heterocycles. The number of aromatic nitrogens is 1. The van der Waals surface area contributed by atoms with Crippen molar-refractivity contribution in [2.24, 2.45) is 0 Å². The van der Waals surface area contributed by atoms with Gasteiger partial charge < -0.3 is 20.4 Å². The Kier molecular flexibility index (Phi) is 5.49. The first kappa shape index (κ1) is 17.8. The minimum Gasteiger partial charge on any atom is -0.444 e. The molecule has 2 aromatic rings. The Morgan fingerprint density at radius 3 is 2.67 bits per heavy atom. The first-order valence-corrected chi connectivity index (χ1v) is 8.08. The first-order valence-electron chi connectivity index (χ1n) is 8.08. The normalized spacial score (nSPS) is 12.7. The second-order valence-corrected chi connectivity index (χ2v) is 6.77. The van der Waals surface area contributed by atoms with Crippen molar-refractivity contribution in [1.82, 2.24) is 15.6 Å². The van der Waals surface area contributed by atoms with Crippen LogP contribution in [0.15, 0.2) is 30.5 Å². The topological polar surface area (TPSA) is 83.2 Å². The molecule has 0 fully saturated rings. The van der Waals surface area contributed by atoms with Gasteiger partial charge in [-0.1, -0.05) is 18.2 Å². The van der Waals surface area contributed by atoms with Gasteiger partial charge in [0.25, 0.3) is 0 Å². The number of carbonyl (C=O) groups excluding carboxylic acids is 2. The number of H-pyrrole nitrogens is 1. The Hall–Kier alpha value is -2.50. The zero-order valence-corrected chi connectivity index (χ0v) is 14.6. The molecule has 0 bridgehead atoms. The van der Waals surface area contributed by atoms with E-state index in [1.54, 1.807) is 27.7 Å². The molecule has 1 atom stereocenters. The summed E-state index contributed by atoms with van der Waals surface area (Å²) in [5.74, 6) is -0.235. The van der Waals surface area contributed by atoms with Crippen LogP contribution < -0.4 is 10.6 Å². The van der Waals surface area contributed by atoms with Crippen molar-refractivity contribution in [1.29, 1.82) is 0 Å². The molecule has 1 aromatic heterocycles. The highest BCUT2D eigenvalue weighted by molar-refractivity contribution is 5.85. The average Bonchev–Trinajstić information content (AvgIpc) is 2.88. The number of carbonyl (C=O) groups is 2. The largest absolute Gasteiger partial charge is 0.444 e. The summed E-state index contributed by atoms with van der Waals surface area (Å²) >= 11 is 0. The van der Waals surface area contributed by atoms with Gasteiger partial charge in [0.05, 0.1) is 0 Å². The molecular formula is C18H25N3O3. The Bertz CT molecular complexity index is 716. The fourth-order valence-electron chi connectivity index (χ4n) is 2.36.